The molecule has 0 amide bonds. The van der Waals surface area contributed by atoms with E-state index in [1.807, 2.05) is 0 Å². The Balaban J connectivity index is 1.91. The maximum atomic E-state index is 2.55. The number of benzene rings is 1. The lowest BCUT2D eigenvalue weighted by Crippen LogP contribution is -2.39. The predicted octanol–water partition coefficient (Wildman–Crippen LogP) is 5.77. The number of hydrogen-bond acceptors (Lipinski definition) is 2. The summed E-state index contributed by atoms with van der Waals surface area (Å²) in [6.07, 6.45) is 15.6. The Morgan fingerprint density at radius 2 is 1.55 bits per heavy atom. The van der Waals surface area contributed by atoms with E-state index in [1.54, 1.807) is 0 Å². The highest BCUT2D eigenvalue weighted by Crippen LogP contribution is 2.27. The van der Waals surface area contributed by atoms with Crippen molar-refractivity contribution in [1.82, 2.24) is 4.90 Å². The summed E-state index contributed by atoms with van der Waals surface area (Å²) in [5, 5.41) is 0. The number of para-hydroxylation sites is 1. The molecule has 1 unspecified atom stereocenters. The molecule has 1 aromatic carbocycles. The fraction of sp³-hybridized carbons (Fsp3) is 0.600. The van der Waals surface area contributed by atoms with Gasteiger partial charge in [-0.3, -0.25) is 0 Å². The molecule has 0 N–H and O–H groups in total. The molecule has 0 fully saturated rings. The maximum Gasteiger partial charge on any atom is 0.105 e. The Hall–Kier alpha value is -1.44. The predicted molar refractivity (Wildman–Crippen MR) is 96.8 cm³/mol. The summed E-state index contributed by atoms with van der Waals surface area (Å²) in [5.41, 5.74) is 1.31. The van der Waals surface area contributed by atoms with Crippen LogP contribution in [-0.2, 0) is 0 Å². The van der Waals surface area contributed by atoms with Crippen molar-refractivity contribution in [3.8, 4) is 0 Å². The van der Waals surface area contributed by atoms with Gasteiger partial charge in [-0.2, -0.15) is 0 Å². The fourth-order valence-electron chi connectivity index (χ4n) is 3.19. The first-order valence-electron chi connectivity index (χ1n) is 9.14. The summed E-state index contributed by atoms with van der Waals surface area (Å²) in [6, 6.07) is 10.8. The number of hydrogen-bond donors (Lipinski definition) is 0. The molecule has 0 radical (unpaired) electrons. The lowest BCUT2D eigenvalue weighted by atomic mass is 10.1. The molecule has 0 aliphatic carbocycles. The molecule has 0 saturated heterocycles. The van der Waals surface area contributed by atoms with Crippen LogP contribution in [0.1, 0.15) is 65.2 Å². The Bertz CT molecular complexity index is 427. The zero-order valence-electron chi connectivity index (χ0n) is 14.4. The van der Waals surface area contributed by atoms with E-state index in [9.17, 15) is 0 Å². The smallest absolute Gasteiger partial charge is 0.105 e. The van der Waals surface area contributed by atoms with Crippen molar-refractivity contribution in [3.05, 3.63) is 42.7 Å². The Morgan fingerprint density at radius 3 is 2.27 bits per heavy atom. The molecule has 0 spiro atoms. The molecule has 22 heavy (non-hydrogen) atoms. The monoisotopic (exact) mass is 300 g/mol. The van der Waals surface area contributed by atoms with E-state index in [1.165, 1.54) is 63.6 Å². The Labute approximate surface area is 136 Å². The SMILES string of the molecule is CCCCCCCN1C=CN(c2ccccc2)C1CCCC. The molecular weight excluding hydrogens is 268 g/mol. The largest absolute Gasteiger partial charge is 0.356 e. The lowest BCUT2D eigenvalue weighted by molar-refractivity contribution is 0.274. The topological polar surface area (TPSA) is 6.48 Å². The molecule has 1 atom stereocenters. The quantitative estimate of drug-likeness (QED) is 0.506. The number of rotatable bonds is 10. The molecule has 0 saturated carbocycles. The average molecular weight is 300 g/mol. The van der Waals surface area contributed by atoms with Crippen LogP contribution in [0.4, 0.5) is 5.69 Å². The summed E-state index contributed by atoms with van der Waals surface area (Å²) in [5.74, 6) is 0. The van der Waals surface area contributed by atoms with Gasteiger partial charge in [0.2, 0.25) is 0 Å². The first kappa shape index (κ1) is 16.9. The molecule has 2 rings (SSSR count). The minimum absolute atomic E-state index is 0.508. The van der Waals surface area contributed by atoms with E-state index in [4.69, 9.17) is 0 Å². The van der Waals surface area contributed by atoms with Crippen LogP contribution in [-0.4, -0.2) is 17.6 Å². The van der Waals surface area contributed by atoms with E-state index in [-0.39, 0.29) is 0 Å². The van der Waals surface area contributed by atoms with E-state index in [2.05, 4.69) is 66.4 Å². The molecule has 2 heteroatoms. The Morgan fingerprint density at radius 1 is 0.818 bits per heavy atom. The summed E-state index contributed by atoms with van der Waals surface area (Å²) < 4.78 is 0. The van der Waals surface area contributed by atoms with Gasteiger partial charge in [-0.25, -0.2) is 0 Å². The third kappa shape index (κ3) is 4.79. The van der Waals surface area contributed by atoms with E-state index < -0.39 is 0 Å². The van der Waals surface area contributed by atoms with Crippen LogP contribution < -0.4 is 4.90 Å². The van der Waals surface area contributed by atoms with Crippen molar-refractivity contribution in [2.24, 2.45) is 0 Å². The molecule has 1 aromatic rings. The normalized spacial score (nSPS) is 17.5. The molecule has 1 heterocycles. The number of anilines is 1. The zero-order valence-corrected chi connectivity index (χ0v) is 14.4. The summed E-state index contributed by atoms with van der Waals surface area (Å²) in [7, 11) is 0. The van der Waals surface area contributed by atoms with Crippen LogP contribution >= 0.6 is 0 Å². The van der Waals surface area contributed by atoms with Crippen LogP contribution in [0.25, 0.3) is 0 Å². The lowest BCUT2D eigenvalue weighted by Gasteiger charge is -2.33. The van der Waals surface area contributed by atoms with Gasteiger partial charge in [-0.15, -0.1) is 0 Å². The van der Waals surface area contributed by atoms with Crippen molar-refractivity contribution >= 4 is 5.69 Å². The van der Waals surface area contributed by atoms with E-state index in [0.717, 1.165) is 0 Å². The van der Waals surface area contributed by atoms with Crippen molar-refractivity contribution < 1.29 is 0 Å². The van der Waals surface area contributed by atoms with Gasteiger partial charge in [0.15, 0.2) is 0 Å². The van der Waals surface area contributed by atoms with Gasteiger partial charge >= 0.3 is 0 Å². The van der Waals surface area contributed by atoms with Crippen LogP contribution in [0.3, 0.4) is 0 Å². The van der Waals surface area contributed by atoms with Crippen molar-refractivity contribution in [2.75, 3.05) is 11.4 Å². The van der Waals surface area contributed by atoms with Gasteiger partial charge < -0.3 is 9.80 Å². The van der Waals surface area contributed by atoms with Gasteiger partial charge in [0, 0.05) is 24.6 Å². The summed E-state index contributed by atoms with van der Waals surface area (Å²) in [6.45, 7) is 5.75. The van der Waals surface area contributed by atoms with Gasteiger partial charge in [-0.1, -0.05) is 64.2 Å². The van der Waals surface area contributed by atoms with Crippen LogP contribution in [0.2, 0.25) is 0 Å². The van der Waals surface area contributed by atoms with E-state index in [0.29, 0.717) is 6.17 Å². The zero-order chi connectivity index (χ0) is 15.6. The van der Waals surface area contributed by atoms with Gasteiger partial charge in [0.25, 0.3) is 0 Å². The maximum absolute atomic E-state index is 2.55. The highest BCUT2D eigenvalue weighted by Gasteiger charge is 2.26. The minimum atomic E-state index is 0.508. The third-order valence-electron chi connectivity index (χ3n) is 4.51. The molecule has 0 aromatic heterocycles. The average Bonchev–Trinajstić information content (AvgIpc) is 2.96. The highest BCUT2D eigenvalue weighted by molar-refractivity contribution is 5.51. The first-order chi connectivity index (χ1) is 10.9. The van der Waals surface area contributed by atoms with Crippen molar-refractivity contribution in [2.45, 2.75) is 71.4 Å². The second-order valence-corrected chi connectivity index (χ2v) is 6.32. The molecule has 0 bridgehead atoms. The van der Waals surface area contributed by atoms with Crippen LogP contribution in [0.15, 0.2) is 42.7 Å². The second-order valence-electron chi connectivity index (χ2n) is 6.32. The minimum Gasteiger partial charge on any atom is -0.356 e. The first-order valence-corrected chi connectivity index (χ1v) is 9.14. The molecule has 1 aliphatic rings. The standard InChI is InChI=1S/C20H32N2/c1-3-5-7-8-12-16-21-17-18-22(20(21)15-6-4-2)19-13-10-9-11-14-19/h9-11,13-14,17-18,20H,3-8,12,15-16H2,1-2H3. The highest BCUT2D eigenvalue weighted by atomic mass is 15.4. The van der Waals surface area contributed by atoms with Crippen LogP contribution in [0, 0.1) is 0 Å². The molecular formula is C20H32N2. The third-order valence-corrected chi connectivity index (χ3v) is 4.51. The van der Waals surface area contributed by atoms with E-state index >= 15 is 0 Å². The van der Waals surface area contributed by atoms with Gasteiger partial charge in [0.05, 0.1) is 0 Å². The van der Waals surface area contributed by atoms with Gasteiger partial charge in [0.1, 0.15) is 6.17 Å². The van der Waals surface area contributed by atoms with Crippen LogP contribution in [0.5, 0.6) is 0 Å². The van der Waals surface area contributed by atoms with Crippen molar-refractivity contribution in [3.63, 3.8) is 0 Å². The number of unbranched alkanes of at least 4 members (excludes halogenated alkanes) is 5. The summed E-state index contributed by atoms with van der Waals surface area (Å²) >= 11 is 0. The van der Waals surface area contributed by atoms with Gasteiger partial charge in [-0.05, 0) is 31.4 Å². The Kier molecular flexibility index (Phi) is 7.35. The second kappa shape index (κ2) is 9.55. The molecule has 1 aliphatic heterocycles. The summed E-state index contributed by atoms with van der Waals surface area (Å²) in [4.78, 5) is 5.00. The molecule has 2 nitrogen and oxygen atoms in total. The molecule has 122 valence electrons. The number of nitrogens with zero attached hydrogens (tertiary/aromatic N) is 2. The van der Waals surface area contributed by atoms with Crippen molar-refractivity contribution in [1.29, 1.82) is 0 Å². The fourth-order valence-corrected chi connectivity index (χ4v) is 3.19.